The van der Waals surface area contributed by atoms with Gasteiger partial charge in [-0.2, -0.15) is 0 Å². The zero-order valence-electron chi connectivity index (χ0n) is 8.55. The van der Waals surface area contributed by atoms with Gasteiger partial charge in [-0.1, -0.05) is 12.1 Å². The quantitative estimate of drug-likeness (QED) is 0.579. The standard InChI is InChI=1S/C10H11N3O3/c11-6-9(14)12-5-4-7-2-1-3-8(10(7)12)13(15)16/h1-3H,4-6,11H2. The van der Waals surface area contributed by atoms with Crippen molar-refractivity contribution in [2.24, 2.45) is 5.73 Å². The average Bonchev–Trinajstić information content (AvgIpc) is 2.71. The maximum Gasteiger partial charge on any atom is 0.293 e. The number of hydrogen-bond acceptors (Lipinski definition) is 4. The fourth-order valence-corrected chi connectivity index (χ4v) is 1.94. The van der Waals surface area contributed by atoms with E-state index in [4.69, 9.17) is 5.73 Å². The molecule has 1 aromatic rings. The predicted molar refractivity (Wildman–Crippen MR) is 58.2 cm³/mol. The van der Waals surface area contributed by atoms with Crippen molar-refractivity contribution in [2.45, 2.75) is 6.42 Å². The number of para-hydroxylation sites is 1. The second kappa shape index (κ2) is 3.90. The second-order valence-electron chi connectivity index (χ2n) is 3.54. The van der Waals surface area contributed by atoms with Crippen molar-refractivity contribution < 1.29 is 9.72 Å². The van der Waals surface area contributed by atoms with E-state index in [0.29, 0.717) is 18.7 Å². The van der Waals surface area contributed by atoms with Crippen LogP contribution in [0, 0.1) is 10.1 Å². The van der Waals surface area contributed by atoms with Crippen molar-refractivity contribution in [3.63, 3.8) is 0 Å². The van der Waals surface area contributed by atoms with Crippen molar-refractivity contribution in [1.29, 1.82) is 0 Å². The molecule has 0 spiro atoms. The number of benzene rings is 1. The number of nitro groups is 1. The van der Waals surface area contributed by atoms with Gasteiger partial charge in [0.15, 0.2) is 0 Å². The minimum absolute atomic E-state index is 0.0307. The smallest absolute Gasteiger partial charge is 0.293 e. The van der Waals surface area contributed by atoms with E-state index in [0.717, 1.165) is 5.56 Å². The number of hydrogen-bond donors (Lipinski definition) is 1. The molecule has 0 radical (unpaired) electrons. The number of carbonyl (C=O) groups excluding carboxylic acids is 1. The SMILES string of the molecule is NCC(=O)N1CCc2cccc([N+](=O)[O-])c21. The molecule has 1 heterocycles. The van der Waals surface area contributed by atoms with Gasteiger partial charge in [-0.3, -0.25) is 14.9 Å². The Kier molecular flexibility index (Phi) is 2.57. The fraction of sp³-hybridized carbons (Fsp3) is 0.300. The lowest BCUT2D eigenvalue weighted by Gasteiger charge is -2.15. The van der Waals surface area contributed by atoms with Gasteiger partial charge in [0.25, 0.3) is 5.69 Å². The molecule has 1 amide bonds. The number of fused-ring (bicyclic) bond motifs is 1. The zero-order chi connectivity index (χ0) is 11.7. The molecule has 16 heavy (non-hydrogen) atoms. The molecule has 1 aliphatic rings. The Morgan fingerprint density at radius 1 is 1.56 bits per heavy atom. The third kappa shape index (κ3) is 1.53. The van der Waals surface area contributed by atoms with Crippen LogP contribution in [0.2, 0.25) is 0 Å². The van der Waals surface area contributed by atoms with Crippen LogP contribution >= 0.6 is 0 Å². The topological polar surface area (TPSA) is 89.5 Å². The van der Waals surface area contributed by atoms with E-state index < -0.39 is 4.92 Å². The Balaban J connectivity index is 2.51. The van der Waals surface area contributed by atoms with Gasteiger partial charge in [0.05, 0.1) is 11.5 Å². The highest BCUT2D eigenvalue weighted by molar-refractivity contribution is 5.99. The first kappa shape index (κ1) is 10.6. The lowest BCUT2D eigenvalue weighted by atomic mass is 10.1. The second-order valence-corrected chi connectivity index (χ2v) is 3.54. The summed E-state index contributed by atoms with van der Waals surface area (Å²) in [6.45, 7) is 0.335. The van der Waals surface area contributed by atoms with Crippen molar-refractivity contribution in [2.75, 3.05) is 18.0 Å². The molecule has 0 unspecified atom stereocenters. The van der Waals surface area contributed by atoms with E-state index in [2.05, 4.69) is 0 Å². The summed E-state index contributed by atoms with van der Waals surface area (Å²) in [6.07, 6.45) is 0.642. The van der Waals surface area contributed by atoms with Gasteiger partial charge >= 0.3 is 0 Å². The molecule has 0 fully saturated rings. The summed E-state index contributed by atoms with van der Waals surface area (Å²) in [5.74, 6) is -0.284. The number of rotatable bonds is 2. The van der Waals surface area contributed by atoms with Gasteiger partial charge in [-0.25, -0.2) is 0 Å². The molecule has 1 aromatic carbocycles. The van der Waals surface area contributed by atoms with E-state index in [1.165, 1.54) is 11.0 Å². The number of nitrogens with two attached hydrogens (primary N) is 1. The number of amides is 1. The van der Waals surface area contributed by atoms with E-state index in [1.807, 2.05) is 0 Å². The third-order valence-electron chi connectivity index (χ3n) is 2.65. The van der Waals surface area contributed by atoms with Crippen LogP contribution in [0.15, 0.2) is 18.2 Å². The zero-order valence-corrected chi connectivity index (χ0v) is 8.55. The molecule has 0 atom stereocenters. The lowest BCUT2D eigenvalue weighted by Crippen LogP contribution is -2.34. The summed E-state index contributed by atoms with van der Waals surface area (Å²) in [6, 6.07) is 4.83. The minimum atomic E-state index is -0.471. The van der Waals surface area contributed by atoms with Crippen molar-refractivity contribution in [1.82, 2.24) is 0 Å². The molecule has 0 aliphatic carbocycles. The predicted octanol–water partition coefficient (Wildman–Crippen LogP) is 0.443. The van der Waals surface area contributed by atoms with Crippen LogP contribution in [-0.4, -0.2) is 23.9 Å². The monoisotopic (exact) mass is 221 g/mol. The van der Waals surface area contributed by atoms with Gasteiger partial charge in [0.1, 0.15) is 5.69 Å². The highest BCUT2D eigenvalue weighted by Gasteiger charge is 2.30. The first-order valence-corrected chi connectivity index (χ1v) is 4.92. The van der Waals surface area contributed by atoms with Crippen LogP contribution < -0.4 is 10.6 Å². The Hall–Kier alpha value is -1.95. The molecule has 0 saturated carbocycles. The van der Waals surface area contributed by atoms with E-state index in [1.54, 1.807) is 12.1 Å². The Morgan fingerprint density at radius 3 is 2.94 bits per heavy atom. The normalized spacial score (nSPS) is 13.7. The average molecular weight is 221 g/mol. The van der Waals surface area contributed by atoms with Crippen LogP contribution in [-0.2, 0) is 11.2 Å². The van der Waals surface area contributed by atoms with E-state index in [-0.39, 0.29) is 18.1 Å². The van der Waals surface area contributed by atoms with Crippen LogP contribution in [0.3, 0.4) is 0 Å². The summed E-state index contributed by atoms with van der Waals surface area (Å²) >= 11 is 0. The third-order valence-corrected chi connectivity index (χ3v) is 2.65. The van der Waals surface area contributed by atoms with Crippen molar-refractivity contribution >= 4 is 17.3 Å². The largest absolute Gasteiger partial charge is 0.322 e. The van der Waals surface area contributed by atoms with Crippen LogP contribution in [0.25, 0.3) is 0 Å². The fourth-order valence-electron chi connectivity index (χ4n) is 1.94. The summed E-state index contributed by atoms with van der Waals surface area (Å²) in [5, 5.41) is 10.9. The number of nitrogens with zero attached hydrogens (tertiary/aromatic N) is 2. The van der Waals surface area contributed by atoms with Gasteiger partial charge < -0.3 is 10.6 Å². The first-order valence-electron chi connectivity index (χ1n) is 4.92. The summed E-state index contributed by atoms with van der Waals surface area (Å²) in [7, 11) is 0. The summed E-state index contributed by atoms with van der Waals surface area (Å²) in [5.41, 5.74) is 6.48. The van der Waals surface area contributed by atoms with Gasteiger partial charge in [0, 0.05) is 12.6 Å². The molecule has 6 nitrogen and oxygen atoms in total. The highest BCUT2D eigenvalue weighted by Crippen LogP contribution is 2.36. The first-order chi connectivity index (χ1) is 7.65. The molecule has 84 valence electrons. The van der Waals surface area contributed by atoms with Crippen molar-refractivity contribution in [3.05, 3.63) is 33.9 Å². The number of nitro benzene ring substituents is 1. The van der Waals surface area contributed by atoms with Crippen LogP contribution in [0.4, 0.5) is 11.4 Å². The molecular formula is C10H11N3O3. The molecule has 0 bridgehead atoms. The molecule has 2 rings (SSSR count). The molecule has 6 heteroatoms. The maximum atomic E-state index is 11.5. The molecule has 2 N–H and O–H groups in total. The van der Waals surface area contributed by atoms with Gasteiger partial charge in [-0.15, -0.1) is 0 Å². The minimum Gasteiger partial charge on any atom is -0.322 e. The molecule has 0 saturated heterocycles. The van der Waals surface area contributed by atoms with Gasteiger partial charge in [0.2, 0.25) is 5.91 Å². The summed E-state index contributed by atoms with van der Waals surface area (Å²) in [4.78, 5) is 23.3. The van der Waals surface area contributed by atoms with Crippen LogP contribution in [0.1, 0.15) is 5.56 Å². The molecule has 0 aromatic heterocycles. The van der Waals surface area contributed by atoms with Crippen LogP contribution in [0.5, 0.6) is 0 Å². The lowest BCUT2D eigenvalue weighted by molar-refractivity contribution is -0.384. The number of anilines is 1. The maximum absolute atomic E-state index is 11.5. The number of carbonyl (C=O) groups is 1. The molecular weight excluding hydrogens is 210 g/mol. The molecule has 1 aliphatic heterocycles. The van der Waals surface area contributed by atoms with Crippen molar-refractivity contribution in [3.8, 4) is 0 Å². The Bertz CT molecular complexity index is 459. The Morgan fingerprint density at radius 2 is 2.31 bits per heavy atom. The van der Waals surface area contributed by atoms with E-state index in [9.17, 15) is 14.9 Å². The summed E-state index contributed by atoms with van der Waals surface area (Å²) < 4.78 is 0. The van der Waals surface area contributed by atoms with Gasteiger partial charge in [-0.05, 0) is 12.0 Å². The highest BCUT2D eigenvalue weighted by atomic mass is 16.6. The Labute approximate surface area is 91.8 Å². The van der Waals surface area contributed by atoms with E-state index >= 15 is 0 Å².